The fraction of sp³-hybridized carbons (Fsp3) is 0.357. The van der Waals surface area contributed by atoms with Crippen molar-refractivity contribution in [2.75, 3.05) is 0 Å². The van der Waals surface area contributed by atoms with Crippen molar-refractivity contribution in [3.63, 3.8) is 0 Å². The Bertz CT molecular complexity index is 354. The molecule has 0 unspecified atom stereocenters. The summed E-state index contributed by atoms with van der Waals surface area (Å²) in [4.78, 5) is 0. The Morgan fingerprint density at radius 3 is 2.27 bits per heavy atom. The summed E-state index contributed by atoms with van der Waals surface area (Å²) < 4.78 is 0. The minimum atomic E-state index is 1.15. The summed E-state index contributed by atoms with van der Waals surface area (Å²) >= 11 is 0. The van der Waals surface area contributed by atoms with E-state index in [9.17, 15) is 0 Å². The zero-order valence-corrected chi connectivity index (χ0v) is 9.00. The lowest BCUT2D eigenvalue weighted by Gasteiger charge is -2.17. The van der Waals surface area contributed by atoms with Crippen molar-refractivity contribution in [2.45, 2.75) is 32.1 Å². The van der Waals surface area contributed by atoms with Gasteiger partial charge in [0.1, 0.15) is 0 Å². The Morgan fingerprint density at radius 2 is 1.67 bits per heavy atom. The summed E-state index contributed by atoms with van der Waals surface area (Å²) in [5, 5.41) is 7.55. The van der Waals surface area contributed by atoms with Gasteiger partial charge in [-0.15, -0.1) is 0 Å². The molecule has 1 aliphatic rings. The van der Waals surface area contributed by atoms with Gasteiger partial charge in [0.05, 0.1) is 0 Å². The van der Waals surface area contributed by atoms with Crippen molar-refractivity contribution in [1.82, 2.24) is 0 Å². The molecule has 1 nitrogen and oxygen atoms in total. The molecule has 0 aliphatic heterocycles. The van der Waals surface area contributed by atoms with Gasteiger partial charge in [0.25, 0.3) is 0 Å². The Balaban J connectivity index is 2.34. The van der Waals surface area contributed by atoms with Crippen molar-refractivity contribution in [2.24, 2.45) is 0 Å². The smallest absolute Gasteiger partial charge is 0.0255 e. The van der Waals surface area contributed by atoms with Crippen LogP contribution < -0.4 is 0 Å². The molecule has 0 amide bonds. The number of hydrogen-bond acceptors (Lipinski definition) is 1. The molecular formula is C14H17N. The largest absolute Gasteiger partial charge is 0.308 e. The highest BCUT2D eigenvalue weighted by Gasteiger charge is 2.10. The van der Waals surface area contributed by atoms with E-state index in [0.29, 0.717) is 0 Å². The zero-order chi connectivity index (χ0) is 10.5. The van der Waals surface area contributed by atoms with Crippen LogP contribution >= 0.6 is 0 Å². The van der Waals surface area contributed by atoms with E-state index >= 15 is 0 Å². The molecule has 1 aromatic rings. The first-order valence-corrected chi connectivity index (χ1v) is 5.70. The van der Waals surface area contributed by atoms with Crippen LogP contribution in [0.1, 0.15) is 37.7 Å². The summed E-state index contributed by atoms with van der Waals surface area (Å²) in [6.07, 6.45) is 7.82. The first kappa shape index (κ1) is 10.2. The molecular weight excluding hydrogens is 182 g/mol. The molecule has 0 bridgehead atoms. The number of rotatable bonds is 2. The van der Waals surface area contributed by atoms with Crippen LogP contribution in [0.5, 0.6) is 0 Å². The summed E-state index contributed by atoms with van der Waals surface area (Å²) in [7, 11) is 0. The van der Waals surface area contributed by atoms with Crippen LogP contribution in [0.15, 0.2) is 35.9 Å². The van der Waals surface area contributed by atoms with Gasteiger partial charge in [0.2, 0.25) is 0 Å². The Labute approximate surface area is 91.3 Å². The Morgan fingerprint density at radius 1 is 1.00 bits per heavy atom. The molecule has 1 saturated carbocycles. The molecule has 0 heterocycles. The lowest BCUT2D eigenvalue weighted by molar-refractivity contribution is 0.601. The maximum Gasteiger partial charge on any atom is 0.0255 e. The zero-order valence-electron chi connectivity index (χ0n) is 9.00. The fourth-order valence-corrected chi connectivity index (χ4v) is 2.26. The van der Waals surface area contributed by atoms with E-state index in [4.69, 9.17) is 5.41 Å². The molecule has 0 spiro atoms. The lowest BCUT2D eigenvalue weighted by Crippen LogP contribution is -1.99. The molecule has 0 atom stereocenters. The standard InChI is InChI=1S/C14H17N/c15-11-14(12-7-3-1-4-8-12)13-9-5-2-6-10-13/h1,3-4,7-8,11,15H,2,5-6,9-10H2. The van der Waals surface area contributed by atoms with E-state index in [0.717, 1.165) is 5.57 Å². The van der Waals surface area contributed by atoms with E-state index in [1.165, 1.54) is 49.5 Å². The predicted molar refractivity (Wildman–Crippen MR) is 65.2 cm³/mol. The second kappa shape index (κ2) is 4.92. The normalized spacial score (nSPS) is 16.1. The summed E-state index contributed by atoms with van der Waals surface area (Å²) in [5.74, 6) is 0. The Hall–Kier alpha value is -1.37. The second-order valence-electron chi connectivity index (χ2n) is 4.09. The van der Waals surface area contributed by atoms with Gasteiger partial charge in [-0.1, -0.05) is 42.3 Å². The fourth-order valence-electron chi connectivity index (χ4n) is 2.26. The number of nitrogens with one attached hydrogen (secondary N) is 1. The van der Waals surface area contributed by atoms with Gasteiger partial charge >= 0.3 is 0 Å². The maximum atomic E-state index is 7.55. The van der Waals surface area contributed by atoms with E-state index in [1.807, 2.05) is 18.2 Å². The summed E-state index contributed by atoms with van der Waals surface area (Å²) in [5.41, 5.74) is 3.82. The van der Waals surface area contributed by atoms with Crippen LogP contribution in [0, 0.1) is 5.41 Å². The van der Waals surface area contributed by atoms with Crippen molar-refractivity contribution in [3.8, 4) is 0 Å². The molecule has 2 rings (SSSR count). The van der Waals surface area contributed by atoms with Gasteiger partial charge in [-0.2, -0.15) is 0 Å². The minimum Gasteiger partial charge on any atom is -0.308 e. The van der Waals surface area contributed by atoms with E-state index in [-0.39, 0.29) is 0 Å². The first-order valence-electron chi connectivity index (χ1n) is 5.70. The topological polar surface area (TPSA) is 23.9 Å². The van der Waals surface area contributed by atoms with E-state index in [2.05, 4.69) is 12.1 Å². The molecule has 0 radical (unpaired) electrons. The van der Waals surface area contributed by atoms with Gasteiger partial charge in [0.15, 0.2) is 0 Å². The van der Waals surface area contributed by atoms with Crippen molar-refractivity contribution in [1.29, 1.82) is 5.41 Å². The van der Waals surface area contributed by atoms with Crippen molar-refractivity contribution >= 4 is 11.8 Å². The first-order chi connectivity index (χ1) is 7.42. The lowest BCUT2D eigenvalue weighted by atomic mass is 9.89. The SMILES string of the molecule is N=CC(=C1CCCCC1)c1ccccc1. The van der Waals surface area contributed by atoms with Crippen LogP contribution in [0.3, 0.4) is 0 Å². The quantitative estimate of drug-likeness (QED) is 0.695. The van der Waals surface area contributed by atoms with Crippen molar-refractivity contribution in [3.05, 3.63) is 41.5 Å². The van der Waals surface area contributed by atoms with Crippen LogP contribution in [-0.2, 0) is 0 Å². The monoisotopic (exact) mass is 199 g/mol. The molecule has 15 heavy (non-hydrogen) atoms. The summed E-state index contributed by atoms with van der Waals surface area (Å²) in [6, 6.07) is 10.3. The van der Waals surface area contributed by atoms with Crippen LogP contribution in [0.2, 0.25) is 0 Å². The number of allylic oxidation sites excluding steroid dienone is 2. The molecule has 1 aromatic carbocycles. The molecule has 1 fully saturated rings. The van der Waals surface area contributed by atoms with Crippen LogP contribution in [-0.4, -0.2) is 6.21 Å². The highest BCUT2D eigenvalue weighted by molar-refractivity contribution is 6.09. The second-order valence-corrected chi connectivity index (χ2v) is 4.09. The van der Waals surface area contributed by atoms with E-state index < -0.39 is 0 Å². The average molecular weight is 199 g/mol. The number of hydrogen-bond donors (Lipinski definition) is 1. The molecule has 1 N–H and O–H groups in total. The maximum absolute atomic E-state index is 7.55. The third-order valence-electron chi connectivity index (χ3n) is 3.07. The molecule has 1 aliphatic carbocycles. The molecule has 1 heteroatoms. The van der Waals surface area contributed by atoms with E-state index in [1.54, 1.807) is 0 Å². The minimum absolute atomic E-state index is 1.15. The van der Waals surface area contributed by atoms with Crippen LogP contribution in [0.4, 0.5) is 0 Å². The predicted octanol–water partition coefficient (Wildman–Crippen LogP) is 4.05. The third kappa shape index (κ3) is 2.35. The third-order valence-corrected chi connectivity index (χ3v) is 3.07. The average Bonchev–Trinajstić information content (AvgIpc) is 2.33. The summed E-state index contributed by atoms with van der Waals surface area (Å²) in [6.45, 7) is 0. The van der Waals surface area contributed by atoms with Crippen molar-refractivity contribution < 1.29 is 0 Å². The highest BCUT2D eigenvalue weighted by atomic mass is 14.3. The van der Waals surface area contributed by atoms with Gasteiger partial charge in [-0.25, -0.2) is 0 Å². The van der Waals surface area contributed by atoms with Gasteiger partial charge in [0, 0.05) is 6.21 Å². The molecule has 0 saturated heterocycles. The van der Waals surface area contributed by atoms with Gasteiger partial charge in [-0.3, -0.25) is 0 Å². The van der Waals surface area contributed by atoms with Crippen LogP contribution in [0.25, 0.3) is 5.57 Å². The molecule has 78 valence electrons. The number of benzene rings is 1. The van der Waals surface area contributed by atoms with Gasteiger partial charge in [-0.05, 0) is 36.8 Å². The molecule has 0 aromatic heterocycles. The van der Waals surface area contributed by atoms with Gasteiger partial charge < -0.3 is 5.41 Å². The highest BCUT2D eigenvalue weighted by Crippen LogP contribution is 2.29. The Kier molecular flexibility index (Phi) is 3.33.